The Balaban J connectivity index is 2.16. The van der Waals surface area contributed by atoms with Crippen molar-refractivity contribution >= 4 is 32.4 Å². The van der Waals surface area contributed by atoms with Crippen LogP contribution in [0.25, 0.3) is 0 Å². The van der Waals surface area contributed by atoms with E-state index in [9.17, 15) is 0 Å². The fourth-order valence-electron chi connectivity index (χ4n) is 1.50. The van der Waals surface area contributed by atoms with E-state index < -0.39 is 0 Å². The van der Waals surface area contributed by atoms with Gasteiger partial charge in [0.05, 0.1) is 22.4 Å². The van der Waals surface area contributed by atoms with Gasteiger partial charge in [-0.25, -0.2) is 0 Å². The van der Waals surface area contributed by atoms with Gasteiger partial charge in [0.15, 0.2) is 0 Å². The van der Waals surface area contributed by atoms with Gasteiger partial charge in [0.25, 0.3) is 0 Å². The molecule has 0 spiro atoms. The zero-order valence-corrected chi connectivity index (χ0v) is 12.4. The maximum atomic E-state index is 4.45. The summed E-state index contributed by atoms with van der Waals surface area (Å²) in [5.74, 6) is 0. The van der Waals surface area contributed by atoms with Crippen molar-refractivity contribution in [2.45, 2.75) is 27.3 Å². The van der Waals surface area contributed by atoms with E-state index in [1.807, 2.05) is 25.5 Å². The van der Waals surface area contributed by atoms with E-state index in [4.69, 9.17) is 0 Å². The fourth-order valence-corrected chi connectivity index (χ4v) is 2.57. The van der Waals surface area contributed by atoms with Crippen LogP contribution in [0, 0.1) is 13.8 Å². The number of aryl methyl sites for hydroxylation is 1. The van der Waals surface area contributed by atoms with E-state index >= 15 is 0 Å². The van der Waals surface area contributed by atoms with Crippen LogP contribution >= 0.6 is 27.3 Å². The molecule has 0 bridgehead atoms. The van der Waals surface area contributed by atoms with E-state index in [0.717, 1.165) is 32.5 Å². The quantitative estimate of drug-likeness (QED) is 0.942. The normalized spacial score (nSPS) is 10.8. The van der Waals surface area contributed by atoms with Gasteiger partial charge in [-0.2, -0.15) is 5.10 Å². The van der Waals surface area contributed by atoms with Crippen LogP contribution in [0.5, 0.6) is 0 Å². The first-order valence-corrected chi connectivity index (χ1v) is 6.98. The number of anilines is 1. The second-order valence-electron chi connectivity index (χ2n) is 3.67. The average molecular weight is 316 g/mol. The Hall–Kier alpha value is -0.950. The molecule has 0 saturated carbocycles. The first-order chi connectivity index (χ1) is 8.11. The summed E-state index contributed by atoms with van der Waals surface area (Å²) < 4.78 is 3.00. The van der Waals surface area contributed by atoms with Crippen molar-refractivity contribution in [3.63, 3.8) is 0 Å². The first kappa shape index (κ1) is 12.5. The fraction of sp³-hybridized carbons (Fsp3) is 0.500. The highest BCUT2D eigenvalue weighted by atomic mass is 79.9. The lowest BCUT2D eigenvalue weighted by molar-refractivity contribution is 0.651. The van der Waals surface area contributed by atoms with Crippen molar-refractivity contribution in [2.24, 2.45) is 0 Å². The lowest BCUT2D eigenvalue weighted by Gasteiger charge is -1.99. The molecule has 7 heteroatoms. The summed E-state index contributed by atoms with van der Waals surface area (Å²) in [6, 6.07) is 0. The molecule has 0 saturated heterocycles. The van der Waals surface area contributed by atoms with Crippen LogP contribution in [-0.4, -0.2) is 26.5 Å². The van der Waals surface area contributed by atoms with Crippen molar-refractivity contribution in [3.8, 4) is 0 Å². The molecule has 0 fully saturated rings. The second-order valence-corrected chi connectivity index (χ2v) is 5.53. The zero-order chi connectivity index (χ0) is 12.4. The third kappa shape index (κ3) is 2.66. The molecule has 2 heterocycles. The van der Waals surface area contributed by atoms with Gasteiger partial charge in [0, 0.05) is 6.54 Å². The highest BCUT2D eigenvalue weighted by molar-refractivity contribution is 9.10. The number of rotatable bonds is 4. The Morgan fingerprint density at radius 1 is 1.35 bits per heavy atom. The number of nitrogens with one attached hydrogen (secondary N) is 1. The van der Waals surface area contributed by atoms with Crippen LogP contribution in [0.1, 0.15) is 23.3 Å². The molecule has 17 heavy (non-hydrogen) atoms. The van der Waals surface area contributed by atoms with Gasteiger partial charge in [-0.1, -0.05) is 11.3 Å². The summed E-state index contributed by atoms with van der Waals surface area (Å²) in [5.41, 5.74) is 2.11. The van der Waals surface area contributed by atoms with Crippen LogP contribution in [-0.2, 0) is 6.54 Å². The summed E-state index contributed by atoms with van der Waals surface area (Å²) in [7, 11) is 0. The lowest BCUT2D eigenvalue weighted by Crippen LogP contribution is -2.03. The molecule has 2 rings (SSSR count). The summed E-state index contributed by atoms with van der Waals surface area (Å²) in [4.78, 5) is 0. The summed E-state index contributed by atoms with van der Waals surface area (Å²) in [6.07, 6.45) is 0. The molecular formula is C10H14BrN5S. The van der Waals surface area contributed by atoms with Crippen LogP contribution in [0.2, 0.25) is 0 Å². The van der Waals surface area contributed by atoms with Crippen molar-refractivity contribution in [2.75, 3.05) is 11.9 Å². The maximum Gasteiger partial charge on any atom is 0.205 e. The van der Waals surface area contributed by atoms with E-state index in [-0.39, 0.29) is 0 Å². The molecule has 0 amide bonds. The molecule has 0 unspecified atom stereocenters. The number of hydrogen-bond donors (Lipinski definition) is 1. The molecule has 2 aromatic heterocycles. The molecule has 0 radical (unpaired) electrons. The maximum absolute atomic E-state index is 4.45. The first-order valence-electron chi connectivity index (χ1n) is 5.37. The van der Waals surface area contributed by atoms with Gasteiger partial charge in [0.2, 0.25) is 5.13 Å². The predicted octanol–water partition coefficient (Wildman–Crippen LogP) is 2.59. The van der Waals surface area contributed by atoms with Crippen molar-refractivity contribution in [1.29, 1.82) is 0 Å². The molecule has 5 nitrogen and oxygen atoms in total. The third-order valence-electron chi connectivity index (χ3n) is 2.37. The molecular weight excluding hydrogens is 302 g/mol. The number of hydrogen-bond acceptors (Lipinski definition) is 5. The monoisotopic (exact) mass is 315 g/mol. The Labute approximate surface area is 112 Å². The smallest absolute Gasteiger partial charge is 0.205 e. The van der Waals surface area contributed by atoms with Crippen LogP contribution in [0.3, 0.4) is 0 Å². The second kappa shape index (κ2) is 5.14. The molecule has 1 N–H and O–H groups in total. The van der Waals surface area contributed by atoms with E-state index in [1.54, 1.807) is 11.3 Å². The molecule has 0 atom stereocenters. The van der Waals surface area contributed by atoms with Gasteiger partial charge in [-0.05, 0) is 36.7 Å². The molecule has 0 aromatic carbocycles. The Kier molecular flexibility index (Phi) is 3.78. The number of aromatic nitrogens is 4. The predicted molar refractivity (Wildman–Crippen MR) is 72.6 cm³/mol. The molecule has 2 aromatic rings. The van der Waals surface area contributed by atoms with Gasteiger partial charge in [0.1, 0.15) is 5.01 Å². The number of nitrogens with zero attached hydrogens (tertiary/aromatic N) is 4. The minimum Gasteiger partial charge on any atom is -0.360 e. The minimum absolute atomic E-state index is 0.668. The SMILES string of the molecule is CCNc1nnc(Cn2nc(C)c(Br)c2C)s1. The highest BCUT2D eigenvalue weighted by Crippen LogP contribution is 2.22. The van der Waals surface area contributed by atoms with Crippen molar-refractivity contribution < 1.29 is 0 Å². The summed E-state index contributed by atoms with van der Waals surface area (Å²) in [6.45, 7) is 7.59. The van der Waals surface area contributed by atoms with E-state index in [0.29, 0.717) is 6.54 Å². The number of halogens is 1. The van der Waals surface area contributed by atoms with Gasteiger partial charge < -0.3 is 5.32 Å². The van der Waals surface area contributed by atoms with Crippen LogP contribution in [0.4, 0.5) is 5.13 Å². The summed E-state index contributed by atoms with van der Waals surface area (Å²) in [5, 5.41) is 17.6. The van der Waals surface area contributed by atoms with Crippen molar-refractivity contribution in [3.05, 3.63) is 20.9 Å². The van der Waals surface area contributed by atoms with Gasteiger partial charge >= 0.3 is 0 Å². The highest BCUT2D eigenvalue weighted by Gasteiger charge is 2.11. The lowest BCUT2D eigenvalue weighted by atomic mass is 10.4. The Morgan fingerprint density at radius 2 is 2.12 bits per heavy atom. The van der Waals surface area contributed by atoms with Crippen LogP contribution < -0.4 is 5.32 Å². The Morgan fingerprint density at radius 3 is 2.71 bits per heavy atom. The average Bonchev–Trinajstić information content (AvgIpc) is 2.82. The minimum atomic E-state index is 0.668. The molecule has 92 valence electrons. The summed E-state index contributed by atoms with van der Waals surface area (Å²) >= 11 is 5.08. The molecule has 0 aliphatic carbocycles. The van der Waals surface area contributed by atoms with Crippen molar-refractivity contribution in [1.82, 2.24) is 20.0 Å². The zero-order valence-electron chi connectivity index (χ0n) is 9.99. The third-order valence-corrected chi connectivity index (χ3v) is 4.39. The van der Waals surface area contributed by atoms with Gasteiger partial charge in [-0.3, -0.25) is 4.68 Å². The van der Waals surface area contributed by atoms with E-state index in [2.05, 4.69) is 36.5 Å². The topological polar surface area (TPSA) is 55.6 Å². The largest absolute Gasteiger partial charge is 0.360 e. The van der Waals surface area contributed by atoms with E-state index in [1.165, 1.54) is 0 Å². The standard InChI is InChI=1S/C10H14BrN5S/c1-4-12-10-14-13-8(17-10)5-16-7(3)9(11)6(2)15-16/h4-5H2,1-3H3,(H,12,14). The van der Waals surface area contributed by atoms with Gasteiger partial charge in [-0.15, -0.1) is 10.2 Å². The Bertz CT molecular complexity index is 519. The van der Waals surface area contributed by atoms with Crippen LogP contribution in [0.15, 0.2) is 4.47 Å². The molecule has 0 aliphatic rings. The molecule has 0 aliphatic heterocycles.